The number of likely N-dealkylation sites (tertiary alicyclic amines) is 1. The van der Waals surface area contributed by atoms with E-state index in [2.05, 4.69) is 19.6 Å². The molecule has 1 spiro atoms. The molecule has 1 unspecified atom stereocenters. The number of rotatable bonds is 2. The van der Waals surface area contributed by atoms with Gasteiger partial charge in [-0.25, -0.2) is 4.98 Å². The molecule has 0 aromatic carbocycles. The minimum absolute atomic E-state index is 0. The van der Waals surface area contributed by atoms with Gasteiger partial charge in [0.15, 0.2) is 0 Å². The van der Waals surface area contributed by atoms with Crippen molar-refractivity contribution in [2.24, 2.45) is 5.41 Å². The van der Waals surface area contributed by atoms with Crippen LogP contribution in [-0.4, -0.2) is 40.5 Å². The lowest BCUT2D eigenvalue weighted by atomic mass is 9.87. The van der Waals surface area contributed by atoms with Crippen molar-refractivity contribution < 1.29 is 0 Å². The SMILES string of the molecule is Cl.Clc1ccc2ncc(CN3CCC4(CCNC4)C3)n2c1. The van der Waals surface area contributed by atoms with Gasteiger partial charge in [-0.15, -0.1) is 12.4 Å². The van der Waals surface area contributed by atoms with Crippen molar-refractivity contribution in [1.82, 2.24) is 19.6 Å². The van der Waals surface area contributed by atoms with Gasteiger partial charge in [0.25, 0.3) is 0 Å². The highest BCUT2D eigenvalue weighted by molar-refractivity contribution is 6.30. The summed E-state index contributed by atoms with van der Waals surface area (Å²) < 4.78 is 2.11. The summed E-state index contributed by atoms with van der Waals surface area (Å²) in [4.78, 5) is 7.01. The molecule has 0 amide bonds. The van der Waals surface area contributed by atoms with Crippen molar-refractivity contribution in [3.63, 3.8) is 0 Å². The Labute approximate surface area is 135 Å². The third-order valence-corrected chi connectivity index (χ3v) is 5.00. The summed E-state index contributed by atoms with van der Waals surface area (Å²) in [6, 6.07) is 3.86. The van der Waals surface area contributed by atoms with Crippen LogP contribution in [0.1, 0.15) is 18.5 Å². The number of pyridine rings is 1. The third kappa shape index (κ3) is 2.78. The van der Waals surface area contributed by atoms with Crippen LogP contribution in [0.4, 0.5) is 0 Å². The van der Waals surface area contributed by atoms with Gasteiger partial charge in [0.05, 0.1) is 16.9 Å². The molecule has 2 aliphatic heterocycles. The first kappa shape index (κ1) is 15.1. The van der Waals surface area contributed by atoms with Crippen molar-refractivity contribution in [2.75, 3.05) is 26.2 Å². The monoisotopic (exact) mass is 326 g/mol. The average molecular weight is 327 g/mol. The van der Waals surface area contributed by atoms with Gasteiger partial charge in [0.2, 0.25) is 0 Å². The van der Waals surface area contributed by atoms with Crippen molar-refractivity contribution in [2.45, 2.75) is 19.4 Å². The second-order valence-corrected chi connectivity index (χ2v) is 6.65. The molecule has 0 radical (unpaired) electrons. The largest absolute Gasteiger partial charge is 0.316 e. The second-order valence-electron chi connectivity index (χ2n) is 6.21. The van der Waals surface area contributed by atoms with E-state index >= 15 is 0 Å². The van der Waals surface area contributed by atoms with Crippen LogP contribution in [0.3, 0.4) is 0 Å². The van der Waals surface area contributed by atoms with Crippen LogP contribution in [0.15, 0.2) is 24.5 Å². The quantitative estimate of drug-likeness (QED) is 0.920. The van der Waals surface area contributed by atoms with E-state index in [9.17, 15) is 0 Å². The highest BCUT2D eigenvalue weighted by Gasteiger charge is 2.40. The Kier molecular flexibility index (Phi) is 4.14. The number of hydrogen-bond acceptors (Lipinski definition) is 3. The van der Waals surface area contributed by atoms with Crippen LogP contribution >= 0.6 is 24.0 Å². The predicted octanol–water partition coefficient (Wildman–Crippen LogP) is 2.59. The van der Waals surface area contributed by atoms with E-state index in [0.717, 1.165) is 17.2 Å². The molecule has 2 saturated heterocycles. The maximum Gasteiger partial charge on any atom is 0.137 e. The fraction of sp³-hybridized carbons (Fsp3) is 0.533. The summed E-state index contributed by atoms with van der Waals surface area (Å²) in [6.45, 7) is 5.72. The minimum Gasteiger partial charge on any atom is -0.316 e. The number of nitrogens with one attached hydrogen (secondary N) is 1. The predicted molar refractivity (Wildman–Crippen MR) is 87.3 cm³/mol. The second kappa shape index (κ2) is 5.76. The molecule has 2 aromatic heterocycles. The Bertz CT molecular complexity index is 634. The first-order valence-electron chi connectivity index (χ1n) is 7.29. The molecule has 0 saturated carbocycles. The highest BCUT2D eigenvalue weighted by atomic mass is 35.5. The molecule has 0 bridgehead atoms. The molecular weight excluding hydrogens is 307 g/mol. The molecule has 1 N–H and O–H groups in total. The topological polar surface area (TPSA) is 32.6 Å². The number of halogens is 2. The molecule has 21 heavy (non-hydrogen) atoms. The van der Waals surface area contributed by atoms with E-state index in [-0.39, 0.29) is 12.4 Å². The van der Waals surface area contributed by atoms with E-state index < -0.39 is 0 Å². The molecule has 2 fully saturated rings. The van der Waals surface area contributed by atoms with Crippen LogP contribution in [0.25, 0.3) is 5.65 Å². The van der Waals surface area contributed by atoms with Gasteiger partial charge in [-0.1, -0.05) is 11.6 Å². The Morgan fingerprint density at radius 2 is 2.24 bits per heavy atom. The highest BCUT2D eigenvalue weighted by Crippen LogP contribution is 2.36. The van der Waals surface area contributed by atoms with Crippen molar-refractivity contribution in [1.29, 1.82) is 0 Å². The first-order chi connectivity index (χ1) is 9.74. The Morgan fingerprint density at radius 3 is 3.05 bits per heavy atom. The molecule has 4 rings (SSSR count). The summed E-state index contributed by atoms with van der Waals surface area (Å²) in [5.74, 6) is 0. The third-order valence-electron chi connectivity index (χ3n) is 4.78. The van der Waals surface area contributed by atoms with E-state index in [4.69, 9.17) is 11.6 Å². The average Bonchev–Trinajstić information content (AvgIpc) is 3.14. The number of hydrogen-bond donors (Lipinski definition) is 1. The maximum absolute atomic E-state index is 6.09. The zero-order chi connectivity index (χ0) is 13.6. The van der Waals surface area contributed by atoms with Gasteiger partial charge in [-0.2, -0.15) is 0 Å². The van der Waals surface area contributed by atoms with E-state index in [1.54, 1.807) is 0 Å². The minimum atomic E-state index is 0. The molecular formula is C15H20Cl2N4. The zero-order valence-electron chi connectivity index (χ0n) is 11.9. The van der Waals surface area contributed by atoms with Gasteiger partial charge in [0, 0.05) is 25.8 Å². The fourth-order valence-electron chi connectivity index (χ4n) is 3.66. The molecule has 0 aliphatic carbocycles. The van der Waals surface area contributed by atoms with E-state index in [0.29, 0.717) is 5.41 Å². The van der Waals surface area contributed by atoms with Crippen molar-refractivity contribution >= 4 is 29.7 Å². The summed E-state index contributed by atoms with van der Waals surface area (Å²) in [5.41, 5.74) is 2.73. The summed E-state index contributed by atoms with van der Waals surface area (Å²) in [5, 5.41) is 4.27. The van der Waals surface area contributed by atoms with Crippen LogP contribution in [0, 0.1) is 5.41 Å². The number of nitrogens with zero attached hydrogens (tertiary/aromatic N) is 3. The molecule has 4 heterocycles. The summed E-state index contributed by atoms with van der Waals surface area (Å²) in [7, 11) is 0. The van der Waals surface area contributed by atoms with Gasteiger partial charge in [-0.3, -0.25) is 4.90 Å². The normalized spacial score (nSPS) is 25.8. The fourth-order valence-corrected chi connectivity index (χ4v) is 3.82. The Balaban J connectivity index is 0.00000132. The van der Waals surface area contributed by atoms with E-state index in [1.807, 2.05) is 24.5 Å². The number of aromatic nitrogens is 2. The molecule has 114 valence electrons. The van der Waals surface area contributed by atoms with Crippen LogP contribution in [0.5, 0.6) is 0 Å². The van der Waals surface area contributed by atoms with Crippen molar-refractivity contribution in [3.8, 4) is 0 Å². The lowest BCUT2D eigenvalue weighted by molar-refractivity contribution is 0.266. The van der Waals surface area contributed by atoms with Crippen LogP contribution in [0.2, 0.25) is 5.02 Å². The van der Waals surface area contributed by atoms with Gasteiger partial charge in [-0.05, 0) is 43.5 Å². The number of fused-ring (bicyclic) bond motifs is 1. The number of imidazole rings is 1. The van der Waals surface area contributed by atoms with Crippen LogP contribution in [-0.2, 0) is 6.54 Å². The molecule has 4 nitrogen and oxygen atoms in total. The molecule has 2 aromatic rings. The standard InChI is InChI=1S/C15H19ClN4.ClH/c16-12-1-2-14-18-7-13(20(14)8-12)9-19-6-4-15(11-19)3-5-17-10-15;/h1-2,7-8,17H,3-6,9-11H2;1H. The summed E-state index contributed by atoms with van der Waals surface area (Å²) in [6.07, 6.45) is 6.58. The van der Waals surface area contributed by atoms with E-state index in [1.165, 1.54) is 44.7 Å². The molecule has 1 atom stereocenters. The maximum atomic E-state index is 6.09. The van der Waals surface area contributed by atoms with Crippen molar-refractivity contribution in [3.05, 3.63) is 35.2 Å². The smallest absolute Gasteiger partial charge is 0.137 e. The molecule has 2 aliphatic rings. The zero-order valence-corrected chi connectivity index (χ0v) is 13.5. The molecule has 6 heteroatoms. The first-order valence-corrected chi connectivity index (χ1v) is 7.67. The Hall–Kier alpha value is -0.810. The lowest BCUT2D eigenvalue weighted by Crippen LogP contribution is -2.29. The summed E-state index contributed by atoms with van der Waals surface area (Å²) >= 11 is 6.09. The van der Waals surface area contributed by atoms with Gasteiger partial charge in [0.1, 0.15) is 5.65 Å². The Morgan fingerprint density at radius 1 is 1.33 bits per heavy atom. The van der Waals surface area contributed by atoms with Crippen LogP contribution < -0.4 is 5.32 Å². The van der Waals surface area contributed by atoms with Gasteiger partial charge < -0.3 is 9.72 Å². The van der Waals surface area contributed by atoms with Gasteiger partial charge >= 0.3 is 0 Å². The lowest BCUT2D eigenvalue weighted by Gasteiger charge is -2.22.